The van der Waals surface area contributed by atoms with Crippen molar-refractivity contribution >= 4 is 34.2 Å². The van der Waals surface area contributed by atoms with Crippen LogP contribution in [0.2, 0.25) is 0 Å². The smallest absolute Gasteiger partial charge is 0.253 e. The number of benzene rings is 1. The van der Waals surface area contributed by atoms with Crippen LogP contribution in [0.5, 0.6) is 11.5 Å². The summed E-state index contributed by atoms with van der Waals surface area (Å²) in [5, 5.41) is 0. The summed E-state index contributed by atoms with van der Waals surface area (Å²) in [6, 6.07) is 3.45. The van der Waals surface area contributed by atoms with Gasteiger partial charge in [0.2, 0.25) is 0 Å². The second-order valence-corrected chi connectivity index (χ2v) is 6.81. The Hall–Kier alpha value is -0.980. The highest BCUT2D eigenvalue weighted by Crippen LogP contribution is 2.37. The molecule has 0 heterocycles. The van der Waals surface area contributed by atoms with E-state index >= 15 is 0 Å². The van der Waals surface area contributed by atoms with E-state index in [0.29, 0.717) is 41.2 Å². The second-order valence-electron chi connectivity index (χ2n) is 5.95. The van der Waals surface area contributed by atoms with Crippen molar-refractivity contribution < 1.29 is 14.3 Å². The Morgan fingerprint density at radius 1 is 1.39 bits per heavy atom. The summed E-state index contributed by atoms with van der Waals surface area (Å²) in [7, 11) is 3.33. The first kappa shape index (κ1) is 22.0. The van der Waals surface area contributed by atoms with Gasteiger partial charge in [-0.25, -0.2) is 0 Å². The third-order valence-corrected chi connectivity index (χ3v) is 3.92. The first-order chi connectivity index (χ1) is 10.3. The fourth-order valence-corrected chi connectivity index (χ4v) is 2.68. The summed E-state index contributed by atoms with van der Waals surface area (Å²) in [6.45, 7) is 7.58. The van der Waals surface area contributed by atoms with Crippen molar-refractivity contribution in [2.75, 3.05) is 33.9 Å². The number of hydrogen-bond acceptors (Lipinski definition) is 4. The minimum Gasteiger partial charge on any atom is -0.493 e. The number of carbonyl (C=O) groups excluding carboxylic acids is 1. The Kier molecular flexibility index (Phi) is 8.95. The minimum absolute atomic E-state index is 0. The van der Waals surface area contributed by atoms with Crippen LogP contribution in [0, 0.1) is 5.41 Å². The lowest BCUT2D eigenvalue weighted by molar-refractivity contribution is 0.0740. The van der Waals surface area contributed by atoms with Crippen LogP contribution in [0.1, 0.15) is 31.1 Å². The molecule has 5 nitrogen and oxygen atoms in total. The number of methoxy groups -OCH3 is 1. The minimum atomic E-state index is -0.128. The lowest BCUT2D eigenvalue weighted by Crippen LogP contribution is -2.39. The zero-order valence-electron chi connectivity index (χ0n) is 14.3. The Morgan fingerprint density at radius 2 is 2.00 bits per heavy atom. The molecule has 0 aromatic heterocycles. The maximum absolute atomic E-state index is 12.6. The van der Waals surface area contributed by atoms with Crippen LogP contribution in [0.15, 0.2) is 16.6 Å². The van der Waals surface area contributed by atoms with Gasteiger partial charge in [0.1, 0.15) is 0 Å². The van der Waals surface area contributed by atoms with Crippen molar-refractivity contribution in [3.63, 3.8) is 0 Å². The highest BCUT2D eigenvalue weighted by atomic mass is 79.9. The molecule has 0 unspecified atom stereocenters. The lowest BCUT2D eigenvalue weighted by atomic mass is 9.93. The maximum Gasteiger partial charge on any atom is 0.253 e. The van der Waals surface area contributed by atoms with Crippen LogP contribution in [0.3, 0.4) is 0 Å². The van der Waals surface area contributed by atoms with E-state index in [1.807, 2.05) is 20.8 Å². The van der Waals surface area contributed by atoms with Crippen molar-refractivity contribution in [2.45, 2.75) is 20.8 Å². The fraction of sp³-hybridized carbons (Fsp3) is 0.562. The molecule has 1 aromatic carbocycles. The van der Waals surface area contributed by atoms with Crippen LogP contribution in [0.25, 0.3) is 0 Å². The Labute approximate surface area is 153 Å². The molecule has 1 amide bonds. The van der Waals surface area contributed by atoms with Gasteiger partial charge in [-0.2, -0.15) is 0 Å². The maximum atomic E-state index is 12.6. The highest BCUT2D eigenvalue weighted by molar-refractivity contribution is 9.10. The molecule has 7 heteroatoms. The van der Waals surface area contributed by atoms with Gasteiger partial charge in [0.25, 0.3) is 5.91 Å². The highest BCUT2D eigenvalue weighted by Gasteiger charge is 2.23. The molecule has 0 atom stereocenters. The van der Waals surface area contributed by atoms with Gasteiger partial charge < -0.3 is 20.1 Å². The van der Waals surface area contributed by atoms with Gasteiger partial charge in [-0.1, -0.05) is 13.8 Å². The summed E-state index contributed by atoms with van der Waals surface area (Å²) in [4.78, 5) is 14.3. The molecule has 0 aliphatic carbocycles. The van der Waals surface area contributed by atoms with E-state index < -0.39 is 0 Å². The van der Waals surface area contributed by atoms with E-state index in [9.17, 15) is 4.79 Å². The molecule has 0 saturated carbocycles. The van der Waals surface area contributed by atoms with Gasteiger partial charge in [-0.05, 0) is 46.9 Å². The number of hydrogen-bond donors (Lipinski definition) is 1. The largest absolute Gasteiger partial charge is 0.493 e. The average Bonchev–Trinajstić information content (AvgIpc) is 2.47. The molecule has 23 heavy (non-hydrogen) atoms. The second kappa shape index (κ2) is 9.35. The SMILES string of the molecule is CCOc1c(Br)cc(C(=O)N(C)CC(C)(C)CN)cc1OC.Cl. The van der Waals surface area contributed by atoms with Crippen LogP contribution >= 0.6 is 28.3 Å². The number of halogens is 2. The molecule has 0 spiro atoms. The summed E-state index contributed by atoms with van der Waals surface area (Å²) in [5.74, 6) is 1.06. The zero-order chi connectivity index (χ0) is 16.9. The van der Waals surface area contributed by atoms with Gasteiger partial charge >= 0.3 is 0 Å². The molecule has 1 rings (SSSR count). The molecule has 2 N–H and O–H groups in total. The van der Waals surface area contributed by atoms with Gasteiger partial charge in [-0.3, -0.25) is 4.79 Å². The number of amides is 1. The van der Waals surface area contributed by atoms with Crippen molar-refractivity contribution in [1.29, 1.82) is 0 Å². The van der Waals surface area contributed by atoms with Crippen LogP contribution < -0.4 is 15.2 Å². The summed E-state index contributed by atoms with van der Waals surface area (Å²) in [5.41, 5.74) is 6.15. The first-order valence-electron chi connectivity index (χ1n) is 7.21. The number of carbonyl (C=O) groups is 1. The van der Waals surface area contributed by atoms with Crippen LogP contribution in [-0.4, -0.2) is 44.7 Å². The molecule has 1 aromatic rings. The van der Waals surface area contributed by atoms with Crippen LogP contribution in [0.4, 0.5) is 0 Å². The van der Waals surface area contributed by atoms with Crippen LogP contribution in [-0.2, 0) is 0 Å². The van der Waals surface area contributed by atoms with E-state index in [1.54, 1.807) is 31.2 Å². The Morgan fingerprint density at radius 3 is 2.48 bits per heavy atom. The average molecular weight is 410 g/mol. The van der Waals surface area contributed by atoms with Gasteiger partial charge in [0.05, 0.1) is 18.2 Å². The van der Waals surface area contributed by atoms with E-state index in [0.717, 1.165) is 0 Å². The van der Waals surface area contributed by atoms with Gasteiger partial charge in [0, 0.05) is 19.2 Å². The van der Waals surface area contributed by atoms with Gasteiger partial charge in [-0.15, -0.1) is 12.4 Å². The summed E-state index contributed by atoms with van der Waals surface area (Å²) < 4.78 is 11.6. The van der Waals surface area contributed by atoms with Gasteiger partial charge in [0.15, 0.2) is 11.5 Å². The van der Waals surface area contributed by atoms with E-state index in [-0.39, 0.29) is 23.7 Å². The molecule has 0 bridgehead atoms. The number of nitrogens with zero attached hydrogens (tertiary/aromatic N) is 1. The molecule has 0 aliphatic rings. The Balaban J connectivity index is 0.00000484. The predicted molar refractivity (Wildman–Crippen MR) is 98.9 cm³/mol. The van der Waals surface area contributed by atoms with Crippen molar-refractivity contribution in [3.8, 4) is 11.5 Å². The first-order valence-corrected chi connectivity index (χ1v) is 8.01. The molecule has 0 aliphatic heterocycles. The number of ether oxygens (including phenoxy) is 2. The third kappa shape index (κ3) is 5.86. The van der Waals surface area contributed by atoms with E-state index in [1.165, 1.54) is 0 Å². The third-order valence-electron chi connectivity index (χ3n) is 3.33. The standard InChI is InChI=1S/C16H25BrN2O3.ClH/c1-6-22-14-12(17)7-11(8-13(14)21-5)15(20)19(4)10-16(2,3)9-18;/h7-8H,6,9-10,18H2,1-5H3;1H. The predicted octanol–water partition coefficient (Wildman–Crippen LogP) is 3.34. The van der Waals surface area contributed by atoms with Crippen molar-refractivity contribution in [2.24, 2.45) is 11.1 Å². The normalized spacial score (nSPS) is 10.7. The monoisotopic (exact) mass is 408 g/mol. The number of rotatable bonds is 7. The lowest BCUT2D eigenvalue weighted by Gasteiger charge is -2.29. The van der Waals surface area contributed by atoms with Crippen molar-refractivity contribution in [1.82, 2.24) is 4.90 Å². The summed E-state index contributed by atoms with van der Waals surface area (Å²) in [6.07, 6.45) is 0. The molecule has 0 radical (unpaired) electrons. The molecule has 0 fully saturated rings. The molecular weight excluding hydrogens is 384 g/mol. The van der Waals surface area contributed by atoms with E-state index in [2.05, 4.69) is 15.9 Å². The van der Waals surface area contributed by atoms with Crippen molar-refractivity contribution in [3.05, 3.63) is 22.2 Å². The number of nitrogens with two attached hydrogens (primary N) is 1. The molecule has 0 saturated heterocycles. The molecular formula is C16H26BrClN2O3. The zero-order valence-corrected chi connectivity index (χ0v) is 16.7. The Bertz CT molecular complexity index is 538. The summed E-state index contributed by atoms with van der Waals surface area (Å²) >= 11 is 3.44. The topological polar surface area (TPSA) is 64.8 Å². The fourth-order valence-electron chi connectivity index (χ4n) is 2.13. The van der Waals surface area contributed by atoms with E-state index in [4.69, 9.17) is 15.2 Å². The quantitative estimate of drug-likeness (QED) is 0.750. The molecule has 132 valence electrons.